The predicted molar refractivity (Wildman–Crippen MR) is 130 cm³/mol. The monoisotopic (exact) mass is 515 g/mol. The van der Waals surface area contributed by atoms with E-state index >= 15 is 0 Å². The van der Waals surface area contributed by atoms with Gasteiger partial charge in [0.05, 0.1) is 29.8 Å². The van der Waals surface area contributed by atoms with E-state index in [-0.39, 0.29) is 18.3 Å². The second-order valence-electron chi connectivity index (χ2n) is 7.37. The van der Waals surface area contributed by atoms with Crippen molar-refractivity contribution < 1.29 is 19.0 Å². The molecule has 8 nitrogen and oxygen atoms in total. The Kier molecular flexibility index (Phi) is 8.21. The molecule has 0 amide bonds. The van der Waals surface area contributed by atoms with Crippen LogP contribution in [0.4, 0.5) is 0 Å². The summed E-state index contributed by atoms with van der Waals surface area (Å²) in [6.45, 7) is 7.51. The van der Waals surface area contributed by atoms with Crippen molar-refractivity contribution in [2.45, 2.75) is 40.2 Å². The van der Waals surface area contributed by atoms with Crippen molar-refractivity contribution in [1.82, 2.24) is 9.66 Å². The Morgan fingerprint density at radius 3 is 2.64 bits per heavy atom. The SMILES string of the molecule is CCOc1cc(C=Nn2c(CC)nc3ccc(Br)cc3c2=O)ccc1OCC(=O)OC(C)C. The zero-order valence-electron chi connectivity index (χ0n) is 19.0. The van der Waals surface area contributed by atoms with Crippen molar-refractivity contribution in [2.24, 2.45) is 5.10 Å². The van der Waals surface area contributed by atoms with Crippen LogP contribution in [0.25, 0.3) is 10.9 Å². The van der Waals surface area contributed by atoms with Gasteiger partial charge in [0.15, 0.2) is 18.1 Å². The zero-order chi connectivity index (χ0) is 24.0. The molecule has 0 radical (unpaired) electrons. The summed E-state index contributed by atoms with van der Waals surface area (Å²) in [6, 6.07) is 10.6. The van der Waals surface area contributed by atoms with Gasteiger partial charge >= 0.3 is 5.97 Å². The van der Waals surface area contributed by atoms with Gasteiger partial charge in [-0.15, -0.1) is 0 Å². The van der Waals surface area contributed by atoms with Crippen LogP contribution in [0.15, 0.2) is 50.8 Å². The Hall–Kier alpha value is -3.20. The van der Waals surface area contributed by atoms with Crippen LogP contribution in [0.5, 0.6) is 11.5 Å². The maximum absolute atomic E-state index is 13.0. The number of hydrogen-bond acceptors (Lipinski definition) is 7. The van der Waals surface area contributed by atoms with E-state index in [4.69, 9.17) is 14.2 Å². The van der Waals surface area contributed by atoms with Crippen LogP contribution < -0.4 is 15.0 Å². The molecule has 0 aliphatic rings. The topological polar surface area (TPSA) is 92.0 Å². The first kappa shape index (κ1) is 24.4. The number of fused-ring (bicyclic) bond motifs is 1. The molecule has 1 aromatic heterocycles. The molecule has 0 saturated heterocycles. The second kappa shape index (κ2) is 11.1. The summed E-state index contributed by atoms with van der Waals surface area (Å²) in [5.74, 6) is 0.973. The molecular weight excluding hydrogens is 490 g/mol. The van der Waals surface area contributed by atoms with Crippen molar-refractivity contribution in [3.05, 3.63) is 62.6 Å². The normalized spacial score (nSPS) is 11.3. The fourth-order valence-corrected chi connectivity index (χ4v) is 3.45. The molecule has 0 N–H and O–H groups in total. The highest BCUT2D eigenvalue weighted by molar-refractivity contribution is 9.10. The van der Waals surface area contributed by atoms with Gasteiger partial charge in [-0.2, -0.15) is 9.78 Å². The molecule has 174 valence electrons. The lowest BCUT2D eigenvalue weighted by atomic mass is 10.2. The van der Waals surface area contributed by atoms with E-state index in [1.54, 1.807) is 50.4 Å². The molecular formula is C24H26BrN3O5. The number of halogens is 1. The van der Waals surface area contributed by atoms with Gasteiger partial charge in [-0.3, -0.25) is 4.79 Å². The summed E-state index contributed by atoms with van der Waals surface area (Å²) in [7, 11) is 0. The lowest BCUT2D eigenvalue weighted by Gasteiger charge is -2.13. The lowest BCUT2D eigenvalue weighted by molar-refractivity contribution is -0.149. The highest BCUT2D eigenvalue weighted by Gasteiger charge is 2.12. The molecule has 3 rings (SSSR count). The Balaban J connectivity index is 1.90. The highest BCUT2D eigenvalue weighted by atomic mass is 79.9. The van der Waals surface area contributed by atoms with E-state index in [2.05, 4.69) is 26.0 Å². The fraction of sp³-hybridized carbons (Fsp3) is 0.333. The molecule has 1 heterocycles. The maximum atomic E-state index is 13.0. The summed E-state index contributed by atoms with van der Waals surface area (Å²) in [5.41, 5.74) is 1.07. The first-order valence-corrected chi connectivity index (χ1v) is 11.5. The number of ether oxygens (including phenoxy) is 3. The Labute approximate surface area is 200 Å². The summed E-state index contributed by atoms with van der Waals surface area (Å²) in [4.78, 5) is 29.4. The van der Waals surface area contributed by atoms with Gasteiger partial charge < -0.3 is 14.2 Å². The number of hydrogen-bond donors (Lipinski definition) is 0. The molecule has 0 fully saturated rings. The second-order valence-corrected chi connectivity index (χ2v) is 8.29. The molecule has 0 unspecified atom stereocenters. The smallest absolute Gasteiger partial charge is 0.344 e. The highest BCUT2D eigenvalue weighted by Crippen LogP contribution is 2.28. The van der Waals surface area contributed by atoms with Crippen LogP contribution in [0.3, 0.4) is 0 Å². The van der Waals surface area contributed by atoms with Crippen molar-refractivity contribution in [3.63, 3.8) is 0 Å². The molecule has 0 bridgehead atoms. The van der Waals surface area contributed by atoms with Crippen LogP contribution in [0.1, 0.15) is 39.1 Å². The molecule has 0 saturated carbocycles. The molecule has 0 aliphatic heterocycles. The van der Waals surface area contributed by atoms with Gasteiger partial charge in [0.2, 0.25) is 0 Å². The molecule has 33 heavy (non-hydrogen) atoms. The van der Waals surface area contributed by atoms with E-state index in [0.717, 1.165) is 4.47 Å². The zero-order valence-corrected chi connectivity index (χ0v) is 20.6. The molecule has 2 aromatic carbocycles. The van der Waals surface area contributed by atoms with Crippen molar-refractivity contribution in [3.8, 4) is 11.5 Å². The standard InChI is InChI=1S/C24H26BrN3O5/c1-5-22-27-19-9-8-17(25)12-18(19)24(30)28(22)26-13-16-7-10-20(21(11-16)31-6-2)32-14-23(29)33-15(3)4/h7-13,15H,5-6,14H2,1-4H3. The summed E-state index contributed by atoms with van der Waals surface area (Å²) in [5, 5.41) is 4.87. The predicted octanol–water partition coefficient (Wildman–Crippen LogP) is 4.33. The first-order valence-electron chi connectivity index (χ1n) is 10.7. The number of benzene rings is 2. The van der Waals surface area contributed by atoms with E-state index < -0.39 is 5.97 Å². The minimum atomic E-state index is -0.458. The van der Waals surface area contributed by atoms with Crippen molar-refractivity contribution in [1.29, 1.82) is 0 Å². The maximum Gasteiger partial charge on any atom is 0.344 e. The quantitative estimate of drug-likeness (QED) is 0.311. The van der Waals surface area contributed by atoms with E-state index in [9.17, 15) is 9.59 Å². The largest absolute Gasteiger partial charge is 0.490 e. The molecule has 3 aromatic rings. The van der Waals surface area contributed by atoms with E-state index in [1.165, 1.54) is 4.68 Å². The van der Waals surface area contributed by atoms with Gasteiger partial charge in [0.1, 0.15) is 5.82 Å². The Bertz CT molecular complexity index is 1240. The van der Waals surface area contributed by atoms with Crippen LogP contribution in [-0.2, 0) is 16.0 Å². The third kappa shape index (κ3) is 6.19. The van der Waals surface area contributed by atoms with Crippen LogP contribution in [0.2, 0.25) is 0 Å². The summed E-state index contributed by atoms with van der Waals surface area (Å²) in [6.07, 6.45) is 1.89. The fourth-order valence-electron chi connectivity index (χ4n) is 3.09. The van der Waals surface area contributed by atoms with Crippen LogP contribution in [0, 0.1) is 0 Å². The Morgan fingerprint density at radius 1 is 1.15 bits per heavy atom. The third-order valence-electron chi connectivity index (χ3n) is 4.49. The number of rotatable bonds is 9. The van der Waals surface area contributed by atoms with Crippen molar-refractivity contribution in [2.75, 3.05) is 13.2 Å². The van der Waals surface area contributed by atoms with Crippen molar-refractivity contribution >= 4 is 39.0 Å². The lowest BCUT2D eigenvalue weighted by Crippen LogP contribution is -2.22. The first-order chi connectivity index (χ1) is 15.8. The summed E-state index contributed by atoms with van der Waals surface area (Å²) >= 11 is 3.40. The number of aromatic nitrogens is 2. The third-order valence-corrected chi connectivity index (χ3v) is 4.99. The number of esters is 1. The average Bonchev–Trinajstić information content (AvgIpc) is 2.77. The minimum absolute atomic E-state index is 0.215. The molecule has 9 heteroatoms. The minimum Gasteiger partial charge on any atom is -0.490 e. The summed E-state index contributed by atoms with van der Waals surface area (Å²) < 4.78 is 18.4. The van der Waals surface area contributed by atoms with E-state index in [1.807, 2.05) is 19.9 Å². The number of aryl methyl sites for hydroxylation is 1. The van der Waals surface area contributed by atoms with Gasteiger partial charge in [0, 0.05) is 10.9 Å². The van der Waals surface area contributed by atoms with Gasteiger partial charge in [0.25, 0.3) is 5.56 Å². The number of nitrogens with zero attached hydrogens (tertiary/aromatic N) is 3. The molecule has 0 atom stereocenters. The molecule has 0 aliphatic carbocycles. The van der Waals surface area contributed by atoms with Gasteiger partial charge in [-0.1, -0.05) is 22.9 Å². The van der Waals surface area contributed by atoms with E-state index in [0.29, 0.717) is 46.8 Å². The van der Waals surface area contributed by atoms with Gasteiger partial charge in [-0.25, -0.2) is 9.78 Å². The Morgan fingerprint density at radius 2 is 1.94 bits per heavy atom. The number of carbonyl (C=O) groups is 1. The molecule has 0 spiro atoms. The van der Waals surface area contributed by atoms with Crippen LogP contribution >= 0.6 is 15.9 Å². The van der Waals surface area contributed by atoms with Crippen LogP contribution in [-0.4, -0.2) is 41.2 Å². The average molecular weight is 516 g/mol. The van der Waals surface area contributed by atoms with Gasteiger partial charge in [-0.05, 0) is 62.7 Å². The number of carbonyl (C=O) groups excluding carboxylic acids is 1.